The quantitative estimate of drug-likeness (QED) is 0.339. The van der Waals surface area contributed by atoms with Crippen molar-refractivity contribution in [2.24, 2.45) is 0 Å². The molecule has 5 aromatic rings. The lowest BCUT2D eigenvalue weighted by atomic mass is 9.95. The van der Waals surface area contributed by atoms with Gasteiger partial charge in [-0.3, -0.25) is 9.20 Å². The number of thiazole rings is 1. The van der Waals surface area contributed by atoms with E-state index in [1.54, 1.807) is 6.07 Å². The van der Waals surface area contributed by atoms with Gasteiger partial charge in [0.1, 0.15) is 4.83 Å². The molecule has 0 radical (unpaired) electrons. The van der Waals surface area contributed by atoms with Crippen molar-refractivity contribution >= 4 is 32.9 Å². The summed E-state index contributed by atoms with van der Waals surface area (Å²) >= 11 is 1.42. The number of rotatable bonds is 5. The van der Waals surface area contributed by atoms with Crippen molar-refractivity contribution in [2.45, 2.75) is 25.2 Å². The normalized spacial score (nSPS) is 13.6. The van der Waals surface area contributed by atoms with Crippen LogP contribution in [0.4, 0.5) is 0 Å². The molecule has 5 heteroatoms. The van der Waals surface area contributed by atoms with E-state index in [0.717, 1.165) is 34.4 Å². The average Bonchev–Trinajstić information content (AvgIpc) is 3.58. The van der Waals surface area contributed by atoms with Gasteiger partial charge in [0, 0.05) is 6.07 Å². The van der Waals surface area contributed by atoms with Crippen molar-refractivity contribution in [2.75, 3.05) is 0 Å². The first-order valence-electron chi connectivity index (χ1n) is 11.1. The first-order valence-corrected chi connectivity index (χ1v) is 11.9. The van der Waals surface area contributed by atoms with Gasteiger partial charge in [0.15, 0.2) is 5.69 Å². The van der Waals surface area contributed by atoms with E-state index >= 15 is 0 Å². The Kier molecular flexibility index (Phi) is 4.66. The van der Waals surface area contributed by atoms with Crippen LogP contribution in [0, 0.1) is 0 Å². The number of pyridine rings is 1. The number of benzene rings is 3. The zero-order valence-electron chi connectivity index (χ0n) is 17.8. The van der Waals surface area contributed by atoms with Crippen LogP contribution in [0.5, 0.6) is 0 Å². The average molecular weight is 452 g/mol. The number of hydrogen-bond donors (Lipinski definition) is 1. The lowest BCUT2D eigenvalue weighted by Gasteiger charge is -2.13. The van der Waals surface area contributed by atoms with Crippen LogP contribution in [0.15, 0.2) is 83.7 Å². The molecule has 2 aromatic heterocycles. The van der Waals surface area contributed by atoms with Crippen LogP contribution in [0.25, 0.3) is 26.0 Å². The summed E-state index contributed by atoms with van der Waals surface area (Å²) in [5, 5.41) is 12.4. The van der Waals surface area contributed by atoms with Crippen LogP contribution in [0.3, 0.4) is 0 Å². The van der Waals surface area contributed by atoms with Crippen molar-refractivity contribution in [1.29, 1.82) is 0 Å². The molecule has 1 fully saturated rings. The number of carboxylic acid groups (broad SMARTS) is 1. The van der Waals surface area contributed by atoms with E-state index in [2.05, 4.69) is 30.3 Å². The predicted molar refractivity (Wildman–Crippen MR) is 133 cm³/mol. The lowest BCUT2D eigenvalue weighted by Crippen LogP contribution is -2.19. The summed E-state index contributed by atoms with van der Waals surface area (Å²) in [6.45, 7) is 0. The third kappa shape index (κ3) is 3.36. The van der Waals surface area contributed by atoms with Crippen LogP contribution in [-0.4, -0.2) is 15.5 Å². The smallest absolute Gasteiger partial charge is 0.354 e. The van der Waals surface area contributed by atoms with Crippen LogP contribution in [0.1, 0.15) is 45.9 Å². The van der Waals surface area contributed by atoms with Crippen molar-refractivity contribution in [3.63, 3.8) is 0 Å². The maximum Gasteiger partial charge on any atom is 0.354 e. The Balaban J connectivity index is 1.61. The monoisotopic (exact) mass is 451 g/mol. The van der Waals surface area contributed by atoms with E-state index in [1.807, 2.05) is 42.5 Å². The highest BCUT2D eigenvalue weighted by Gasteiger charge is 2.32. The minimum absolute atomic E-state index is 0.0600. The standard InChI is InChI=1S/C28H21NO3S/c30-23-16-21(15-20-11-6-10-17-7-4-5-12-22(17)20)24(18-13-14-18)27-29(23)25(28(31)32)26(33-27)19-8-2-1-3-9-19/h1-12,16,18H,13-15H2,(H,31,32). The summed E-state index contributed by atoms with van der Waals surface area (Å²) in [5.74, 6) is -0.708. The van der Waals surface area contributed by atoms with Gasteiger partial charge in [-0.05, 0) is 58.2 Å². The topological polar surface area (TPSA) is 58.8 Å². The Hall–Kier alpha value is -3.70. The van der Waals surface area contributed by atoms with Gasteiger partial charge in [0.2, 0.25) is 0 Å². The molecule has 33 heavy (non-hydrogen) atoms. The molecule has 0 spiro atoms. The second kappa shape index (κ2) is 7.71. The molecule has 0 saturated heterocycles. The Bertz CT molecular complexity index is 1590. The van der Waals surface area contributed by atoms with Crippen molar-refractivity contribution in [1.82, 2.24) is 4.40 Å². The molecule has 2 heterocycles. The van der Waals surface area contributed by atoms with Gasteiger partial charge < -0.3 is 5.11 Å². The zero-order chi connectivity index (χ0) is 22.5. The molecule has 1 N–H and O–H groups in total. The number of hydrogen-bond acceptors (Lipinski definition) is 3. The minimum Gasteiger partial charge on any atom is -0.477 e. The highest BCUT2D eigenvalue weighted by atomic mass is 32.1. The van der Waals surface area contributed by atoms with Gasteiger partial charge in [-0.25, -0.2) is 4.79 Å². The van der Waals surface area contributed by atoms with E-state index < -0.39 is 5.97 Å². The molecule has 0 atom stereocenters. The van der Waals surface area contributed by atoms with Crippen LogP contribution >= 0.6 is 11.3 Å². The number of aromatic carboxylic acids is 1. The van der Waals surface area contributed by atoms with Gasteiger partial charge in [-0.1, -0.05) is 72.8 Å². The maximum absolute atomic E-state index is 13.3. The fourth-order valence-corrected chi connectivity index (χ4v) is 6.20. The highest BCUT2D eigenvalue weighted by Crippen LogP contribution is 2.47. The van der Waals surface area contributed by atoms with E-state index in [-0.39, 0.29) is 11.3 Å². The third-order valence-corrected chi connectivity index (χ3v) is 7.65. The summed E-state index contributed by atoms with van der Waals surface area (Å²) in [6, 6.07) is 25.7. The molecule has 0 unspecified atom stereocenters. The van der Waals surface area contributed by atoms with Crippen LogP contribution in [0.2, 0.25) is 0 Å². The number of nitrogens with zero attached hydrogens (tertiary/aromatic N) is 1. The van der Waals surface area contributed by atoms with Gasteiger partial charge in [-0.2, -0.15) is 0 Å². The van der Waals surface area contributed by atoms with E-state index in [0.29, 0.717) is 17.2 Å². The molecule has 1 aliphatic rings. The second-order valence-corrected chi connectivity index (χ2v) is 9.60. The summed E-state index contributed by atoms with van der Waals surface area (Å²) in [5.41, 5.74) is 3.93. The molecule has 1 saturated carbocycles. The predicted octanol–water partition coefficient (Wildman–Crippen LogP) is 6.35. The lowest BCUT2D eigenvalue weighted by molar-refractivity contribution is 0.0690. The second-order valence-electron chi connectivity index (χ2n) is 8.60. The largest absolute Gasteiger partial charge is 0.477 e. The Morgan fingerprint density at radius 2 is 1.67 bits per heavy atom. The van der Waals surface area contributed by atoms with Gasteiger partial charge in [0.05, 0.1) is 4.88 Å². The molecule has 162 valence electrons. The van der Waals surface area contributed by atoms with E-state index in [4.69, 9.17) is 0 Å². The zero-order valence-corrected chi connectivity index (χ0v) is 18.6. The highest BCUT2D eigenvalue weighted by molar-refractivity contribution is 7.21. The first-order chi connectivity index (χ1) is 16.1. The van der Waals surface area contributed by atoms with Crippen molar-refractivity contribution in [3.8, 4) is 10.4 Å². The SMILES string of the molecule is O=C(O)c1c(-c2ccccc2)sc2c(C3CC3)c(Cc3cccc4ccccc34)cc(=O)n12. The molecule has 4 nitrogen and oxygen atoms in total. The van der Waals surface area contributed by atoms with Crippen LogP contribution < -0.4 is 5.56 Å². The number of carbonyl (C=O) groups is 1. The molecular formula is C28H21NO3S. The molecule has 1 aliphatic carbocycles. The Morgan fingerprint density at radius 3 is 2.42 bits per heavy atom. The fraction of sp³-hybridized carbons (Fsp3) is 0.143. The first kappa shape index (κ1) is 19.9. The summed E-state index contributed by atoms with van der Waals surface area (Å²) in [7, 11) is 0. The number of carboxylic acids is 1. The molecule has 0 bridgehead atoms. The molecule has 0 aliphatic heterocycles. The molecule has 6 rings (SSSR count). The summed E-state index contributed by atoms with van der Waals surface area (Å²) < 4.78 is 1.43. The Morgan fingerprint density at radius 1 is 0.939 bits per heavy atom. The Labute approximate surface area is 194 Å². The minimum atomic E-state index is -1.08. The van der Waals surface area contributed by atoms with E-state index in [1.165, 1.54) is 32.1 Å². The van der Waals surface area contributed by atoms with Crippen LogP contribution in [-0.2, 0) is 6.42 Å². The fourth-order valence-electron chi connectivity index (χ4n) is 4.79. The number of fused-ring (bicyclic) bond motifs is 2. The third-order valence-electron chi connectivity index (χ3n) is 6.42. The van der Waals surface area contributed by atoms with Gasteiger partial charge in [-0.15, -0.1) is 11.3 Å². The van der Waals surface area contributed by atoms with E-state index in [9.17, 15) is 14.7 Å². The molecular weight excluding hydrogens is 430 g/mol. The van der Waals surface area contributed by atoms with Crippen molar-refractivity contribution < 1.29 is 9.90 Å². The van der Waals surface area contributed by atoms with Gasteiger partial charge in [0.25, 0.3) is 5.56 Å². The maximum atomic E-state index is 13.3. The molecule has 0 amide bonds. The van der Waals surface area contributed by atoms with Crippen molar-refractivity contribution in [3.05, 3.63) is 112 Å². The number of aromatic nitrogens is 1. The molecule has 3 aromatic carbocycles. The summed E-state index contributed by atoms with van der Waals surface area (Å²) in [6.07, 6.45) is 2.79. The van der Waals surface area contributed by atoms with Gasteiger partial charge >= 0.3 is 5.97 Å². The summed E-state index contributed by atoms with van der Waals surface area (Å²) in [4.78, 5) is 27.0.